The average Bonchev–Trinajstić information content (AvgIpc) is 2.84. The molecule has 5 heteroatoms. The van der Waals surface area contributed by atoms with Crippen LogP contribution < -0.4 is 5.73 Å². The van der Waals surface area contributed by atoms with E-state index >= 15 is 0 Å². The maximum atomic E-state index is 6.42. The van der Waals surface area contributed by atoms with Gasteiger partial charge in [0.1, 0.15) is 0 Å². The number of methoxy groups -OCH3 is 1. The molecule has 18 heavy (non-hydrogen) atoms. The van der Waals surface area contributed by atoms with E-state index in [-0.39, 0.29) is 6.04 Å². The van der Waals surface area contributed by atoms with Gasteiger partial charge < -0.3 is 15.2 Å². The molecule has 3 unspecified atom stereocenters. The molecule has 0 aliphatic carbocycles. The first-order chi connectivity index (χ1) is 8.74. The number of nitrogens with zero attached hydrogens (tertiary/aromatic N) is 2. The fourth-order valence-electron chi connectivity index (χ4n) is 2.64. The second-order valence-electron chi connectivity index (χ2n) is 5.00. The first-order valence-corrected chi connectivity index (χ1v) is 6.58. The van der Waals surface area contributed by atoms with Gasteiger partial charge in [-0.05, 0) is 24.3 Å². The van der Waals surface area contributed by atoms with Gasteiger partial charge in [-0.25, -0.2) is 0 Å². The predicted octanol–water partition coefficient (Wildman–Crippen LogP) is 1.20. The standard InChI is InChI=1S/C13H23N3O2/c1-10-9-18-7-4-11(10)13(14)12-3-5-15-16(12)6-8-17-2/h3,5,10-11,13H,4,6-9,14H2,1-2H3. The minimum absolute atomic E-state index is 0.0308. The van der Waals surface area contributed by atoms with Gasteiger partial charge in [-0.1, -0.05) is 6.92 Å². The SMILES string of the molecule is COCCn1nccc1C(N)C1CCOCC1C. The van der Waals surface area contributed by atoms with E-state index in [1.54, 1.807) is 7.11 Å². The summed E-state index contributed by atoms with van der Waals surface area (Å²) in [6.45, 7) is 5.24. The van der Waals surface area contributed by atoms with Crippen molar-refractivity contribution in [3.05, 3.63) is 18.0 Å². The Morgan fingerprint density at radius 1 is 1.67 bits per heavy atom. The molecular formula is C13H23N3O2. The Kier molecular flexibility index (Phi) is 4.74. The third kappa shape index (κ3) is 2.91. The molecular weight excluding hydrogens is 230 g/mol. The fraction of sp³-hybridized carbons (Fsp3) is 0.769. The van der Waals surface area contributed by atoms with Crippen LogP contribution in [0.1, 0.15) is 25.1 Å². The molecule has 0 amide bonds. The highest BCUT2D eigenvalue weighted by atomic mass is 16.5. The third-order valence-electron chi connectivity index (χ3n) is 3.77. The van der Waals surface area contributed by atoms with E-state index < -0.39 is 0 Å². The van der Waals surface area contributed by atoms with E-state index in [2.05, 4.69) is 12.0 Å². The Morgan fingerprint density at radius 2 is 2.50 bits per heavy atom. The van der Waals surface area contributed by atoms with Crippen molar-refractivity contribution in [2.75, 3.05) is 26.9 Å². The van der Waals surface area contributed by atoms with E-state index in [1.165, 1.54) is 0 Å². The summed E-state index contributed by atoms with van der Waals surface area (Å²) in [6.07, 6.45) is 2.84. The topological polar surface area (TPSA) is 62.3 Å². The first-order valence-electron chi connectivity index (χ1n) is 6.58. The van der Waals surface area contributed by atoms with Crippen molar-refractivity contribution in [1.82, 2.24) is 9.78 Å². The summed E-state index contributed by atoms with van der Waals surface area (Å²) >= 11 is 0. The van der Waals surface area contributed by atoms with Crippen molar-refractivity contribution in [2.24, 2.45) is 17.6 Å². The minimum Gasteiger partial charge on any atom is -0.383 e. The van der Waals surface area contributed by atoms with Crippen molar-refractivity contribution in [2.45, 2.75) is 25.9 Å². The lowest BCUT2D eigenvalue weighted by atomic mass is 9.82. The summed E-state index contributed by atoms with van der Waals surface area (Å²) < 4.78 is 12.5. The van der Waals surface area contributed by atoms with Crippen molar-refractivity contribution < 1.29 is 9.47 Å². The Morgan fingerprint density at radius 3 is 3.22 bits per heavy atom. The number of aromatic nitrogens is 2. The van der Waals surface area contributed by atoms with Crippen LogP contribution in [0.4, 0.5) is 0 Å². The van der Waals surface area contributed by atoms with E-state index in [4.69, 9.17) is 15.2 Å². The van der Waals surface area contributed by atoms with Crippen molar-refractivity contribution in [1.29, 1.82) is 0 Å². The summed E-state index contributed by atoms with van der Waals surface area (Å²) in [5, 5.41) is 4.32. The van der Waals surface area contributed by atoms with Gasteiger partial charge in [-0.2, -0.15) is 5.10 Å². The Bertz CT molecular complexity index is 367. The minimum atomic E-state index is 0.0308. The van der Waals surface area contributed by atoms with Crippen LogP contribution in [0, 0.1) is 11.8 Å². The van der Waals surface area contributed by atoms with Crippen LogP contribution in [0.15, 0.2) is 12.3 Å². The Balaban J connectivity index is 2.07. The summed E-state index contributed by atoms with van der Waals surface area (Å²) in [5.41, 5.74) is 7.52. The van der Waals surface area contributed by atoms with Gasteiger partial charge in [0.25, 0.3) is 0 Å². The number of hydrogen-bond donors (Lipinski definition) is 1. The molecule has 1 fully saturated rings. The Labute approximate surface area is 108 Å². The van der Waals surface area contributed by atoms with Crippen molar-refractivity contribution in [3.63, 3.8) is 0 Å². The molecule has 1 saturated heterocycles. The molecule has 1 aliphatic rings. The van der Waals surface area contributed by atoms with Gasteiger partial charge >= 0.3 is 0 Å². The van der Waals surface area contributed by atoms with Crippen molar-refractivity contribution >= 4 is 0 Å². The molecule has 1 aromatic rings. The molecule has 1 aromatic heterocycles. The number of nitrogens with two attached hydrogens (primary N) is 1. The second-order valence-corrected chi connectivity index (χ2v) is 5.00. The van der Waals surface area contributed by atoms with E-state index in [1.807, 2.05) is 16.9 Å². The average molecular weight is 253 g/mol. The van der Waals surface area contributed by atoms with Gasteiger partial charge in [0.05, 0.1) is 18.8 Å². The largest absolute Gasteiger partial charge is 0.383 e. The molecule has 2 N–H and O–H groups in total. The van der Waals surface area contributed by atoms with Gasteiger partial charge in [0, 0.05) is 32.6 Å². The molecule has 0 bridgehead atoms. The van der Waals surface area contributed by atoms with Gasteiger partial charge in [0.2, 0.25) is 0 Å². The molecule has 0 aromatic carbocycles. The van der Waals surface area contributed by atoms with Gasteiger partial charge in [0.15, 0.2) is 0 Å². The maximum Gasteiger partial charge on any atom is 0.0659 e. The number of hydrogen-bond acceptors (Lipinski definition) is 4. The molecule has 2 heterocycles. The monoisotopic (exact) mass is 253 g/mol. The summed E-state index contributed by atoms with van der Waals surface area (Å²) in [6, 6.07) is 2.05. The summed E-state index contributed by atoms with van der Waals surface area (Å²) in [4.78, 5) is 0. The van der Waals surface area contributed by atoms with Crippen LogP contribution in [0.5, 0.6) is 0 Å². The quantitative estimate of drug-likeness (QED) is 0.856. The highest BCUT2D eigenvalue weighted by Crippen LogP contribution is 2.31. The number of rotatable bonds is 5. The zero-order chi connectivity index (χ0) is 13.0. The molecule has 3 atom stereocenters. The maximum absolute atomic E-state index is 6.42. The zero-order valence-corrected chi connectivity index (χ0v) is 11.2. The first kappa shape index (κ1) is 13.5. The number of ether oxygens (including phenoxy) is 2. The zero-order valence-electron chi connectivity index (χ0n) is 11.2. The van der Waals surface area contributed by atoms with Gasteiger partial charge in [-0.3, -0.25) is 4.68 Å². The summed E-state index contributed by atoms with van der Waals surface area (Å²) in [7, 11) is 1.70. The molecule has 5 nitrogen and oxygen atoms in total. The molecule has 1 aliphatic heterocycles. The van der Waals surface area contributed by atoms with Crippen molar-refractivity contribution in [3.8, 4) is 0 Å². The Hall–Kier alpha value is -0.910. The molecule has 2 rings (SSSR count). The van der Waals surface area contributed by atoms with Gasteiger partial charge in [-0.15, -0.1) is 0 Å². The second kappa shape index (κ2) is 6.31. The molecule has 0 saturated carbocycles. The summed E-state index contributed by atoms with van der Waals surface area (Å²) in [5.74, 6) is 0.969. The predicted molar refractivity (Wildman–Crippen MR) is 69.1 cm³/mol. The highest BCUT2D eigenvalue weighted by Gasteiger charge is 2.30. The van der Waals surface area contributed by atoms with Crippen LogP contribution in [-0.4, -0.2) is 36.7 Å². The van der Waals surface area contributed by atoms with E-state index in [9.17, 15) is 0 Å². The fourth-order valence-corrected chi connectivity index (χ4v) is 2.64. The lowest BCUT2D eigenvalue weighted by Crippen LogP contribution is -2.35. The molecule has 0 spiro atoms. The lowest BCUT2D eigenvalue weighted by molar-refractivity contribution is 0.0143. The van der Waals surface area contributed by atoms with Crippen LogP contribution in [0.25, 0.3) is 0 Å². The molecule has 0 radical (unpaired) electrons. The smallest absolute Gasteiger partial charge is 0.0659 e. The van der Waals surface area contributed by atoms with Crippen LogP contribution in [0.2, 0.25) is 0 Å². The third-order valence-corrected chi connectivity index (χ3v) is 3.77. The van der Waals surface area contributed by atoms with Crippen LogP contribution in [0.3, 0.4) is 0 Å². The highest BCUT2D eigenvalue weighted by molar-refractivity contribution is 5.08. The lowest BCUT2D eigenvalue weighted by Gasteiger charge is -2.33. The van der Waals surface area contributed by atoms with Crippen LogP contribution in [-0.2, 0) is 16.0 Å². The van der Waals surface area contributed by atoms with E-state index in [0.29, 0.717) is 18.4 Å². The van der Waals surface area contributed by atoms with Crippen LogP contribution >= 0.6 is 0 Å². The normalized spacial score (nSPS) is 26.2. The molecule has 102 valence electrons. The van der Waals surface area contributed by atoms with E-state index in [0.717, 1.165) is 31.9 Å².